The lowest BCUT2D eigenvalue weighted by atomic mass is 10.1. The zero-order valence-corrected chi connectivity index (χ0v) is 11.6. The molecule has 0 saturated heterocycles. The normalized spacial score (nSPS) is 12.1. The Kier molecular flexibility index (Phi) is 4.90. The molecule has 5 heteroatoms. The molecule has 0 aliphatic heterocycles. The molecule has 2 rings (SSSR count). The lowest BCUT2D eigenvalue weighted by molar-refractivity contribution is -0.122. The molecule has 0 spiro atoms. The van der Waals surface area contributed by atoms with E-state index in [1.165, 1.54) is 5.56 Å². The molecule has 0 fully saturated rings. The van der Waals surface area contributed by atoms with Crippen LogP contribution in [0.1, 0.15) is 29.3 Å². The van der Waals surface area contributed by atoms with E-state index < -0.39 is 6.04 Å². The van der Waals surface area contributed by atoms with Crippen LogP contribution in [0.25, 0.3) is 0 Å². The minimum Gasteiger partial charge on any atom is -0.354 e. The van der Waals surface area contributed by atoms with Crippen molar-refractivity contribution in [2.45, 2.75) is 25.8 Å². The van der Waals surface area contributed by atoms with Gasteiger partial charge in [-0.3, -0.25) is 9.89 Å². The van der Waals surface area contributed by atoms with E-state index in [1.807, 2.05) is 43.5 Å². The highest BCUT2D eigenvalue weighted by atomic mass is 16.2. The number of hydrogen-bond acceptors (Lipinski definition) is 3. The fourth-order valence-corrected chi connectivity index (χ4v) is 2.04. The van der Waals surface area contributed by atoms with Crippen molar-refractivity contribution in [3.05, 3.63) is 53.3 Å². The minimum absolute atomic E-state index is 0.139. The van der Waals surface area contributed by atoms with E-state index in [4.69, 9.17) is 5.73 Å². The molecule has 1 amide bonds. The van der Waals surface area contributed by atoms with Crippen molar-refractivity contribution < 1.29 is 4.79 Å². The standard InChI is InChI=1S/C15H20N4O/c1-11-13(10-18-19-11)8-5-9-17-15(20)14(16)12-6-3-2-4-7-12/h2-4,6-7,10,14H,5,8-9,16H2,1H3,(H,17,20)(H,18,19)/t14-/m1/s1. The van der Waals surface area contributed by atoms with Gasteiger partial charge in [-0.2, -0.15) is 5.10 Å². The van der Waals surface area contributed by atoms with Crippen molar-refractivity contribution in [2.24, 2.45) is 5.73 Å². The number of aromatic nitrogens is 2. The first-order valence-corrected chi connectivity index (χ1v) is 6.75. The summed E-state index contributed by atoms with van der Waals surface area (Å²) in [4.78, 5) is 11.9. The first kappa shape index (κ1) is 14.3. The Balaban J connectivity index is 1.74. The van der Waals surface area contributed by atoms with E-state index >= 15 is 0 Å². The molecule has 2 aromatic rings. The summed E-state index contributed by atoms with van der Waals surface area (Å²) in [5, 5.41) is 9.74. The van der Waals surface area contributed by atoms with E-state index in [0.717, 1.165) is 24.1 Å². The lowest BCUT2D eigenvalue weighted by Crippen LogP contribution is -2.34. The van der Waals surface area contributed by atoms with E-state index in [1.54, 1.807) is 0 Å². The first-order chi connectivity index (χ1) is 9.68. The highest BCUT2D eigenvalue weighted by molar-refractivity contribution is 5.82. The van der Waals surface area contributed by atoms with E-state index in [-0.39, 0.29) is 5.91 Å². The molecule has 1 aromatic heterocycles. The van der Waals surface area contributed by atoms with Crippen LogP contribution in [0.5, 0.6) is 0 Å². The molecule has 0 aliphatic carbocycles. The zero-order chi connectivity index (χ0) is 14.4. The molecular weight excluding hydrogens is 252 g/mol. The Bertz CT molecular complexity index is 550. The number of nitrogens with zero attached hydrogens (tertiary/aromatic N) is 1. The first-order valence-electron chi connectivity index (χ1n) is 6.75. The van der Waals surface area contributed by atoms with Crippen LogP contribution in [-0.2, 0) is 11.2 Å². The van der Waals surface area contributed by atoms with Gasteiger partial charge in [-0.1, -0.05) is 30.3 Å². The van der Waals surface area contributed by atoms with Crippen LogP contribution in [0, 0.1) is 6.92 Å². The third kappa shape index (κ3) is 3.68. The summed E-state index contributed by atoms with van der Waals surface area (Å²) in [6, 6.07) is 8.78. The summed E-state index contributed by atoms with van der Waals surface area (Å²) >= 11 is 0. The molecule has 0 radical (unpaired) electrons. The summed E-state index contributed by atoms with van der Waals surface area (Å²) < 4.78 is 0. The van der Waals surface area contributed by atoms with Crippen LogP contribution in [0.2, 0.25) is 0 Å². The maximum absolute atomic E-state index is 11.9. The van der Waals surface area contributed by atoms with Crippen molar-refractivity contribution in [1.82, 2.24) is 15.5 Å². The van der Waals surface area contributed by atoms with Crippen molar-refractivity contribution in [2.75, 3.05) is 6.54 Å². The van der Waals surface area contributed by atoms with Crippen LogP contribution in [0.15, 0.2) is 36.5 Å². The number of aryl methyl sites for hydroxylation is 2. The lowest BCUT2D eigenvalue weighted by Gasteiger charge is -2.12. The van der Waals surface area contributed by atoms with Gasteiger partial charge in [-0.05, 0) is 30.9 Å². The number of carbonyl (C=O) groups is 1. The zero-order valence-electron chi connectivity index (χ0n) is 11.6. The number of hydrogen-bond donors (Lipinski definition) is 3. The smallest absolute Gasteiger partial charge is 0.241 e. The Hall–Kier alpha value is -2.14. The second-order valence-electron chi connectivity index (χ2n) is 4.80. The third-order valence-electron chi connectivity index (χ3n) is 3.30. The monoisotopic (exact) mass is 272 g/mol. The predicted molar refractivity (Wildman–Crippen MR) is 78.0 cm³/mol. The highest BCUT2D eigenvalue weighted by Gasteiger charge is 2.14. The predicted octanol–water partition coefficient (Wildman–Crippen LogP) is 1.47. The van der Waals surface area contributed by atoms with Gasteiger partial charge in [0.15, 0.2) is 0 Å². The number of carbonyl (C=O) groups excluding carboxylic acids is 1. The molecule has 106 valence electrons. The van der Waals surface area contributed by atoms with Gasteiger partial charge in [-0.25, -0.2) is 0 Å². The number of benzene rings is 1. The van der Waals surface area contributed by atoms with Crippen molar-refractivity contribution in [3.63, 3.8) is 0 Å². The van der Waals surface area contributed by atoms with Gasteiger partial charge in [0, 0.05) is 12.2 Å². The Morgan fingerprint density at radius 2 is 2.15 bits per heavy atom. The molecule has 4 N–H and O–H groups in total. The third-order valence-corrected chi connectivity index (χ3v) is 3.30. The Morgan fingerprint density at radius 3 is 2.80 bits per heavy atom. The van der Waals surface area contributed by atoms with Crippen LogP contribution in [-0.4, -0.2) is 22.6 Å². The summed E-state index contributed by atoms with van der Waals surface area (Å²) in [5.74, 6) is -0.139. The molecule has 1 heterocycles. The molecule has 0 unspecified atom stereocenters. The topological polar surface area (TPSA) is 83.8 Å². The van der Waals surface area contributed by atoms with Gasteiger partial charge < -0.3 is 11.1 Å². The molecule has 5 nitrogen and oxygen atoms in total. The SMILES string of the molecule is Cc1[nH]ncc1CCCNC(=O)[C@H](N)c1ccccc1. The molecule has 0 bridgehead atoms. The Labute approximate surface area is 118 Å². The van der Waals surface area contributed by atoms with Gasteiger partial charge in [0.05, 0.1) is 6.20 Å². The number of H-pyrrole nitrogens is 1. The van der Waals surface area contributed by atoms with Crippen molar-refractivity contribution in [1.29, 1.82) is 0 Å². The second kappa shape index (κ2) is 6.86. The number of aromatic amines is 1. The summed E-state index contributed by atoms with van der Waals surface area (Å²) in [6.45, 7) is 2.61. The summed E-state index contributed by atoms with van der Waals surface area (Å²) in [5.41, 5.74) is 9.01. The molecular formula is C15H20N4O. The molecule has 0 aliphatic rings. The van der Waals surface area contributed by atoms with Gasteiger partial charge in [0.2, 0.25) is 5.91 Å². The van der Waals surface area contributed by atoms with E-state index in [9.17, 15) is 4.79 Å². The van der Waals surface area contributed by atoms with Crippen LogP contribution in [0.4, 0.5) is 0 Å². The maximum Gasteiger partial charge on any atom is 0.241 e. The number of nitrogens with one attached hydrogen (secondary N) is 2. The average molecular weight is 272 g/mol. The van der Waals surface area contributed by atoms with E-state index in [2.05, 4.69) is 15.5 Å². The molecule has 1 atom stereocenters. The fourth-order valence-electron chi connectivity index (χ4n) is 2.04. The quantitative estimate of drug-likeness (QED) is 0.696. The van der Waals surface area contributed by atoms with Gasteiger partial charge in [0.1, 0.15) is 6.04 Å². The molecule has 0 saturated carbocycles. The average Bonchev–Trinajstić information content (AvgIpc) is 2.89. The largest absolute Gasteiger partial charge is 0.354 e. The Morgan fingerprint density at radius 1 is 1.40 bits per heavy atom. The maximum atomic E-state index is 11.9. The fraction of sp³-hybridized carbons (Fsp3) is 0.333. The van der Waals surface area contributed by atoms with Crippen LogP contribution < -0.4 is 11.1 Å². The van der Waals surface area contributed by atoms with E-state index in [0.29, 0.717) is 6.54 Å². The number of rotatable bonds is 6. The van der Waals surface area contributed by atoms with Gasteiger partial charge in [0.25, 0.3) is 0 Å². The minimum atomic E-state index is -0.605. The molecule has 20 heavy (non-hydrogen) atoms. The van der Waals surface area contributed by atoms with Crippen molar-refractivity contribution >= 4 is 5.91 Å². The van der Waals surface area contributed by atoms with Crippen LogP contribution in [0.3, 0.4) is 0 Å². The molecule has 1 aromatic carbocycles. The number of nitrogens with two attached hydrogens (primary N) is 1. The summed E-state index contributed by atoms with van der Waals surface area (Å²) in [6.07, 6.45) is 3.59. The second-order valence-corrected chi connectivity index (χ2v) is 4.80. The van der Waals surface area contributed by atoms with Crippen molar-refractivity contribution in [3.8, 4) is 0 Å². The number of amides is 1. The van der Waals surface area contributed by atoms with Crippen LogP contribution >= 0.6 is 0 Å². The summed E-state index contributed by atoms with van der Waals surface area (Å²) in [7, 11) is 0. The van der Waals surface area contributed by atoms with Gasteiger partial charge >= 0.3 is 0 Å². The van der Waals surface area contributed by atoms with Gasteiger partial charge in [-0.15, -0.1) is 0 Å². The highest BCUT2D eigenvalue weighted by Crippen LogP contribution is 2.09.